The highest BCUT2D eigenvalue weighted by molar-refractivity contribution is 9.11. The molecule has 27 heavy (non-hydrogen) atoms. The summed E-state index contributed by atoms with van der Waals surface area (Å²) in [6.45, 7) is 1.89. The second-order valence-corrected chi connectivity index (χ2v) is 8.68. The molecule has 4 nitrogen and oxygen atoms in total. The van der Waals surface area contributed by atoms with Gasteiger partial charge in [-0.1, -0.05) is 15.9 Å². The van der Waals surface area contributed by atoms with Crippen LogP contribution in [0.5, 0.6) is 0 Å². The fraction of sp³-hybridized carbons (Fsp3) is 0.0526. The van der Waals surface area contributed by atoms with E-state index in [9.17, 15) is 9.18 Å². The molecule has 136 valence electrons. The lowest BCUT2D eigenvalue weighted by molar-refractivity contribution is 0.103. The van der Waals surface area contributed by atoms with Gasteiger partial charge in [0.15, 0.2) is 0 Å². The van der Waals surface area contributed by atoms with Crippen LogP contribution in [-0.2, 0) is 0 Å². The van der Waals surface area contributed by atoms with E-state index in [-0.39, 0.29) is 11.7 Å². The highest BCUT2D eigenvalue weighted by Crippen LogP contribution is 2.32. The molecule has 0 saturated carbocycles. The Balaban J connectivity index is 1.70. The third kappa shape index (κ3) is 3.56. The fourth-order valence-electron chi connectivity index (χ4n) is 2.69. The molecule has 4 aromatic rings. The van der Waals surface area contributed by atoms with Crippen molar-refractivity contribution in [1.82, 2.24) is 9.78 Å². The number of hydrogen-bond donors (Lipinski definition) is 1. The molecule has 0 aliphatic heterocycles. The van der Waals surface area contributed by atoms with E-state index in [0.717, 1.165) is 30.5 Å². The number of fused-ring (bicyclic) bond motifs is 1. The summed E-state index contributed by atoms with van der Waals surface area (Å²) in [5.41, 5.74) is 2.26. The molecule has 0 atom stereocenters. The number of carbonyl (C=O) groups is 1. The second kappa shape index (κ2) is 7.18. The standard InChI is InChI=1S/C19H12Br2FN3OS/c1-10-14-9-17(18(26)23-16-7-2-11(20)8-15(16)21)27-19(14)25(24-10)13-5-3-12(22)4-6-13/h2-9H,1H3,(H,23,26). The molecule has 0 spiro atoms. The van der Waals surface area contributed by atoms with E-state index >= 15 is 0 Å². The highest BCUT2D eigenvalue weighted by Gasteiger charge is 2.18. The van der Waals surface area contributed by atoms with Crippen molar-refractivity contribution >= 4 is 65.0 Å². The number of nitrogens with one attached hydrogen (secondary N) is 1. The number of amides is 1. The first kappa shape index (κ1) is 18.3. The second-order valence-electron chi connectivity index (χ2n) is 5.88. The minimum atomic E-state index is -0.301. The van der Waals surface area contributed by atoms with Crippen molar-refractivity contribution < 1.29 is 9.18 Å². The Bertz CT molecular complexity index is 1170. The minimum Gasteiger partial charge on any atom is -0.320 e. The fourth-order valence-corrected chi connectivity index (χ4v) is 4.92. The summed E-state index contributed by atoms with van der Waals surface area (Å²) in [4.78, 5) is 14.1. The largest absolute Gasteiger partial charge is 0.320 e. The van der Waals surface area contributed by atoms with Gasteiger partial charge < -0.3 is 5.32 Å². The van der Waals surface area contributed by atoms with Crippen molar-refractivity contribution in [3.63, 3.8) is 0 Å². The van der Waals surface area contributed by atoms with Crippen molar-refractivity contribution in [1.29, 1.82) is 0 Å². The van der Waals surface area contributed by atoms with Gasteiger partial charge in [0, 0.05) is 14.3 Å². The topological polar surface area (TPSA) is 46.9 Å². The first-order valence-corrected chi connectivity index (χ1v) is 10.3. The van der Waals surface area contributed by atoms with Crippen LogP contribution in [0.2, 0.25) is 0 Å². The molecule has 0 aliphatic carbocycles. The molecule has 0 saturated heterocycles. The molecule has 2 aromatic carbocycles. The zero-order valence-electron chi connectivity index (χ0n) is 14.0. The molecule has 1 amide bonds. The third-order valence-corrected chi connectivity index (χ3v) is 6.28. The Labute approximate surface area is 175 Å². The number of benzene rings is 2. The van der Waals surface area contributed by atoms with E-state index in [1.54, 1.807) is 16.8 Å². The van der Waals surface area contributed by atoms with Gasteiger partial charge in [0.1, 0.15) is 10.6 Å². The van der Waals surface area contributed by atoms with Gasteiger partial charge >= 0.3 is 0 Å². The van der Waals surface area contributed by atoms with Crippen molar-refractivity contribution in [2.45, 2.75) is 6.92 Å². The van der Waals surface area contributed by atoms with E-state index in [4.69, 9.17) is 0 Å². The lowest BCUT2D eigenvalue weighted by Gasteiger charge is -2.06. The predicted molar refractivity (Wildman–Crippen MR) is 113 cm³/mol. The SMILES string of the molecule is Cc1nn(-c2ccc(F)cc2)c2sc(C(=O)Nc3ccc(Br)cc3Br)cc12. The van der Waals surface area contributed by atoms with Crippen LogP contribution in [0.15, 0.2) is 57.5 Å². The van der Waals surface area contributed by atoms with Crippen LogP contribution in [0.4, 0.5) is 10.1 Å². The zero-order chi connectivity index (χ0) is 19.1. The number of aromatic nitrogens is 2. The van der Waals surface area contributed by atoms with Crippen LogP contribution < -0.4 is 5.32 Å². The summed E-state index contributed by atoms with van der Waals surface area (Å²) in [6, 6.07) is 13.5. The average molecular weight is 509 g/mol. The molecule has 2 aromatic heterocycles. The van der Waals surface area contributed by atoms with Gasteiger partial charge in [-0.25, -0.2) is 9.07 Å². The normalized spacial score (nSPS) is 11.1. The monoisotopic (exact) mass is 507 g/mol. The van der Waals surface area contributed by atoms with Gasteiger partial charge in [-0.2, -0.15) is 5.10 Å². The van der Waals surface area contributed by atoms with Crippen LogP contribution in [0, 0.1) is 12.7 Å². The van der Waals surface area contributed by atoms with E-state index in [1.165, 1.54) is 23.5 Å². The number of aryl methyl sites for hydroxylation is 1. The maximum absolute atomic E-state index is 13.2. The smallest absolute Gasteiger partial charge is 0.265 e. The summed E-state index contributed by atoms with van der Waals surface area (Å²) >= 11 is 8.19. The van der Waals surface area contributed by atoms with Crippen molar-refractivity contribution in [2.24, 2.45) is 0 Å². The first-order chi connectivity index (χ1) is 12.9. The summed E-state index contributed by atoms with van der Waals surface area (Å²) in [5, 5.41) is 8.34. The Hall–Kier alpha value is -2.03. The Morgan fingerprint density at radius 1 is 1.15 bits per heavy atom. The molecule has 0 unspecified atom stereocenters. The average Bonchev–Trinajstić information content (AvgIpc) is 3.19. The van der Waals surface area contributed by atoms with E-state index in [1.807, 2.05) is 31.2 Å². The Morgan fingerprint density at radius 2 is 1.89 bits per heavy atom. The molecule has 8 heteroatoms. The van der Waals surface area contributed by atoms with Gasteiger partial charge in [0.05, 0.1) is 21.9 Å². The highest BCUT2D eigenvalue weighted by atomic mass is 79.9. The maximum atomic E-state index is 13.2. The molecular weight excluding hydrogens is 497 g/mol. The maximum Gasteiger partial charge on any atom is 0.265 e. The Kier molecular flexibility index (Phi) is 4.88. The van der Waals surface area contributed by atoms with Gasteiger partial charge in [0.25, 0.3) is 5.91 Å². The molecule has 0 radical (unpaired) electrons. The summed E-state index contributed by atoms with van der Waals surface area (Å²) in [6.07, 6.45) is 0. The van der Waals surface area contributed by atoms with Gasteiger partial charge in [-0.15, -0.1) is 11.3 Å². The van der Waals surface area contributed by atoms with Gasteiger partial charge in [0.2, 0.25) is 0 Å². The van der Waals surface area contributed by atoms with E-state index in [0.29, 0.717) is 10.6 Å². The molecule has 0 fully saturated rings. The number of anilines is 1. The molecule has 0 bridgehead atoms. The molecule has 0 aliphatic rings. The van der Waals surface area contributed by atoms with Crippen molar-refractivity contribution in [3.05, 3.63) is 73.9 Å². The van der Waals surface area contributed by atoms with Crippen LogP contribution >= 0.6 is 43.2 Å². The molecule has 4 rings (SSSR count). The van der Waals surface area contributed by atoms with Gasteiger partial charge in [-0.3, -0.25) is 4.79 Å². The van der Waals surface area contributed by atoms with Crippen LogP contribution in [0.25, 0.3) is 15.9 Å². The number of thiophene rings is 1. The number of nitrogens with zero attached hydrogens (tertiary/aromatic N) is 2. The van der Waals surface area contributed by atoms with Crippen molar-refractivity contribution in [3.8, 4) is 5.69 Å². The number of rotatable bonds is 3. The van der Waals surface area contributed by atoms with Crippen LogP contribution in [0.3, 0.4) is 0 Å². The summed E-state index contributed by atoms with van der Waals surface area (Å²) in [7, 11) is 0. The number of carbonyl (C=O) groups excluding carboxylic acids is 1. The predicted octanol–water partition coefficient (Wildman–Crippen LogP) is 6.31. The first-order valence-electron chi connectivity index (χ1n) is 7.94. The minimum absolute atomic E-state index is 0.190. The molecule has 1 N–H and O–H groups in total. The third-order valence-electron chi connectivity index (χ3n) is 4.02. The molecular formula is C19H12Br2FN3OS. The van der Waals surface area contributed by atoms with Crippen LogP contribution in [-0.4, -0.2) is 15.7 Å². The lowest BCUT2D eigenvalue weighted by Crippen LogP contribution is -2.10. The van der Waals surface area contributed by atoms with E-state index in [2.05, 4.69) is 42.3 Å². The summed E-state index contributed by atoms with van der Waals surface area (Å²) < 4.78 is 16.7. The number of halogens is 3. The Morgan fingerprint density at radius 3 is 2.59 bits per heavy atom. The molecule has 2 heterocycles. The van der Waals surface area contributed by atoms with Crippen molar-refractivity contribution in [2.75, 3.05) is 5.32 Å². The van der Waals surface area contributed by atoms with Gasteiger partial charge in [-0.05, 0) is 71.4 Å². The lowest BCUT2D eigenvalue weighted by atomic mass is 10.3. The zero-order valence-corrected chi connectivity index (χ0v) is 18.0. The number of hydrogen-bond acceptors (Lipinski definition) is 3. The van der Waals surface area contributed by atoms with Crippen LogP contribution in [0.1, 0.15) is 15.4 Å². The quantitative estimate of drug-likeness (QED) is 0.352. The van der Waals surface area contributed by atoms with E-state index < -0.39 is 0 Å². The summed E-state index contributed by atoms with van der Waals surface area (Å²) in [5.74, 6) is -0.491.